The molecule has 0 spiro atoms. The number of carboxylic acid groups (broad SMARTS) is 1. The molecule has 0 saturated carbocycles. The molecule has 7 nitrogen and oxygen atoms in total. The average Bonchev–Trinajstić information content (AvgIpc) is 3.09. The smallest absolute Gasteiger partial charge is 0.320 e. The van der Waals surface area contributed by atoms with Crippen molar-refractivity contribution in [1.82, 2.24) is 20.2 Å². The minimum absolute atomic E-state index is 0.301. The van der Waals surface area contributed by atoms with Crippen LogP contribution in [0.25, 0.3) is 5.69 Å². The van der Waals surface area contributed by atoms with Crippen LogP contribution in [-0.2, 0) is 17.0 Å². The van der Waals surface area contributed by atoms with E-state index in [0.717, 1.165) is 16.8 Å². The van der Waals surface area contributed by atoms with Gasteiger partial charge in [0.05, 0.1) is 5.69 Å². The number of benzene rings is 2. The Balaban J connectivity index is 1.69. The monoisotopic (exact) mass is 355 g/mol. The lowest BCUT2D eigenvalue weighted by Crippen LogP contribution is -2.32. The number of nitrogens with zero attached hydrogens (tertiary/aromatic N) is 4. The molecule has 8 heteroatoms. The summed E-state index contributed by atoms with van der Waals surface area (Å²) in [5.74, 6) is -0.328. The van der Waals surface area contributed by atoms with Crippen LogP contribution in [0.5, 0.6) is 0 Å². The van der Waals surface area contributed by atoms with Crippen LogP contribution in [0.2, 0.25) is 0 Å². The SMILES string of the molecule is N[C@@H](Cc1cccc(CSc2nnnn2-c2ccccc2)c1)C(=O)O. The van der Waals surface area contributed by atoms with Crippen LogP contribution >= 0.6 is 11.8 Å². The predicted octanol–water partition coefficient (Wildman–Crippen LogP) is 1.91. The van der Waals surface area contributed by atoms with Crippen molar-refractivity contribution in [1.29, 1.82) is 0 Å². The van der Waals surface area contributed by atoms with E-state index in [9.17, 15) is 4.79 Å². The Labute approximate surface area is 148 Å². The van der Waals surface area contributed by atoms with Gasteiger partial charge in [0.15, 0.2) is 0 Å². The minimum Gasteiger partial charge on any atom is -0.480 e. The molecule has 0 unspecified atom stereocenters. The zero-order chi connectivity index (χ0) is 17.6. The predicted molar refractivity (Wildman–Crippen MR) is 94.5 cm³/mol. The summed E-state index contributed by atoms with van der Waals surface area (Å²) in [4.78, 5) is 10.9. The number of aromatic nitrogens is 4. The fourth-order valence-corrected chi connectivity index (χ4v) is 3.17. The van der Waals surface area contributed by atoms with Gasteiger partial charge in [-0.3, -0.25) is 4.79 Å². The highest BCUT2D eigenvalue weighted by Gasteiger charge is 2.13. The molecule has 3 N–H and O–H groups in total. The molecule has 3 aromatic rings. The minimum atomic E-state index is -0.998. The van der Waals surface area contributed by atoms with Gasteiger partial charge in [-0.15, -0.1) is 5.10 Å². The number of nitrogens with two attached hydrogens (primary N) is 1. The number of rotatable bonds is 7. The Bertz CT molecular complexity index is 853. The van der Waals surface area contributed by atoms with Gasteiger partial charge in [-0.2, -0.15) is 4.68 Å². The van der Waals surface area contributed by atoms with E-state index in [2.05, 4.69) is 15.5 Å². The molecule has 0 bridgehead atoms. The third-order valence-corrected chi connectivity index (χ3v) is 4.56. The van der Waals surface area contributed by atoms with Crippen molar-refractivity contribution in [3.8, 4) is 5.69 Å². The molecular formula is C17H17N5O2S. The second kappa shape index (κ2) is 7.91. The fourth-order valence-electron chi connectivity index (χ4n) is 2.34. The molecule has 1 aromatic heterocycles. The van der Waals surface area contributed by atoms with Crippen molar-refractivity contribution in [2.75, 3.05) is 0 Å². The van der Waals surface area contributed by atoms with Crippen molar-refractivity contribution in [2.24, 2.45) is 5.73 Å². The maximum Gasteiger partial charge on any atom is 0.320 e. The van der Waals surface area contributed by atoms with Crippen molar-refractivity contribution >= 4 is 17.7 Å². The number of carbonyl (C=O) groups is 1. The summed E-state index contributed by atoms with van der Waals surface area (Å²) in [6.45, 7) is 0. The van der Waals surface area contributed by atoms with Crippen molar-refractivity contribution in [2.45, 2.75) is 23.4 Å². The van der Waals surface area contributed by atoms with Crippen molar-refractivity contribution in [3.05, 3.63) is 65.7 Å². The summed E-state index contributed by atoms with van der Waals surface area (Å²) < 4.78 is 1.69. The van der Waals surface area contributed by atoms with Crippen LogP contribution in [0.1, 0.15) is 11.1 Å². The van der Waals surface area contributed by atoms with Gasteiger partial charge in [-0.05, 0) is 40.1 Å². The molecule has 1 atom stereocenters. The standard InChI is InChI=1S/C17H17N5O2S/c18-15(16(23)24)10-12-5-4-6-13(9-12)11-25-17-19-20-21-22(17)14-7-2-1-3-8-14/h1-9,15H,10-11,18H2,(H,23,24)/t15-/m0/s1. The summed E-state index contributed by atoms with van der Waals surface area (Å²) in [6.07, 6.45) is 0.301. The summed E-state index contributed by atoms with van der Waals surface area (Å²) in [5.41, 5.74) is 8.46. The first kappa shape index (κ1) is 17.1. The molecule has 128 valence electrons. The topological polar surface area (TPSA) is 107 Å². The summed E-state index contributed by atoms with van der Waals surface area (Å²) >= 11 is 1.51. The highest BCUT2D eigenvalue weighted by molar-refractivity contribution is 7.98. The molecule has 3 rings (SSSR count). The van der Waals surface area contributed by atoms with Crippen molar-refractivity contribution in [3.63, 3.8) is 0 Å². The zero-order valence-corrected chi connectivity index (χ0v) is 14.1. The van der Waals surface area contributed by atoms with Gasteiger partial charge >= 0.3 is 5.97 Å². The van der Waals surface area contributed by atoms with Crippen LogP contribution in [0.3, 0.4) is 0 Å². The second-order valence-electron chi connectivity index (χ2n) is 5.47. The molecule has 0 saturated heterocycles. The molecule has 0 radical (unpaired) electrons. The number of tetrazole rings is 1. The number of hydrogen-bond acceptors (Lipinski definition) is 6. The first-order valence-corrected chi connectivity index (χ1v) is 8.65. The quantitative estimate of drug-likeness (QED) is 0.623. The molecule has 0 aliphatic rings. The lowest BCUT2D eigenvalue weighted by Gasteiger charge is -2.08. The van der Waals surface area contributed by atoms with Gasteiger partial charge < -0.3 is 10.8 Å². The molecule has 2 aromatic carbocycles. The largest absolute Gasteiger partial charge is 0.480 e. The number of carboxylic acids is 1. The summed E-state index contributed by atoms with van der Waals surface area (Å²) in [5, 5.41) is 21.5. The van der Waals surface area contributed by atoms with Gasteiger partial charge in [-0.1, -0.05) is 54.2 Å². The Kier molecular flexibility index (Phi) is 5.42. The molecule has 0 aliphatic carbocycles. The third-order valence-electron chi connectivity index (χ3n) is 3.57. The normalized spacial score (nSPS) is 12.0. The van der Waals surface area contributed by atoms with Gasteiger partial charge in [0, 0.05) is 5.75 Å². The van der Waals surface area contributed by atoms with E-state index >= 15 is 0 Å². The Morgan fingerprint density at radius 1 is 1.16 bits per heavy atom. The van der Waals surface area contributed by atoms with E-state index in [1.54, 1.807) is 4.68 Å². The maximum absolute atomic E-state index is 10.9. The van der Waals surface area contributed by atoms with Crippen LogP contribution in [0.4, 0.5) is 0 Å². The summed E-state index contributed by atoms with van der Waals surface area (Å²) in [7, 11) is 0. The van der Waals surface area contributed by atoms with Crippen LogP contribution in [0.15, 0.2) is 59.8 Å². The highest BCUT2D eigenvalue weighted by Crippen LogP contribution is 2.23. The first-order chi connectivity index (χ1) is 12.1. The molecule has 0 aliphatic heterocycles. The van der Waals surface area contributed by atoms with Gasteiger partial charge in [0.2, 0.25) is 5.16 Å². The van der Waals surface area contributed by atoms with E-state index in [1.165, 1.54) is 11.8 Å². The van der Waals surface area contributed by atoms with E-state index in [-0.39, 0.29) is 0 Å². The summed E-state index contributed by atoms with van der Waals surface area (Å²) in [6, 6.07) is 16.5. The van der Waals surface area contributed by atoms with E-state index in [0.29, 0.717) is 17.3 Å². The maximum atomic E-state index is 10.9. The Hall–Kier alpha value is -2.71. The van der Waals surface area contributed by atoms with Crippen molar-refractivity contribution < 1.29 is 9.90 Å². The first-order valence-electron chi connectivity index (χ1n) is 7.66. The zero-order valence-electron chi connectivity index (χ0n) is 13.3. The lowest BCUT2D eigenvalue weighted by molar-refractivity contribution is -0.138. The van der Waals surface area contributed by atoms with Crippen LogP contribution < -0.4 is 5.73 Å². The van der Waals surface area contributed by atoms with E-state index in [4.69, 9.17) is 10.8 Å². The fraction of sp³-hybridized carbons (Fsp3) is 0.176. The second-order valence-corrected chi connectivity index (χ2v) is 6.41. The molecule has 0 amide bonds. The van der Waals surface area contributed by atoms with Gasteiger partial charge in [0.25, 0.3) is 0 Å². The van der Waals surface area contributed by atoms with E-state index in [1.807, 2.05) is 54.6 Å². The number of para-hydroxylation sites is 1. The molecule has 0 fully saturated rings. The van der Waals surface area contributed by atoms with Crippen LogP contribution in [-0.4, -0.2) is 37.3 Å². The third kappa shape index (κ3) is 4.43. The lowest BCUT2D eigenvalue weighted by atomic mass is 10.0. The number of hydrogen-bond donors (Lipinski definition) is 2. The van der Waals surface area contributed by atoms with Gasteiger partial charge in [-0.25, -0.2) is 0 Å². The molecular weight excluding hydrogens is 338 g/mol. The highest BCUT2D eigenvalue weighted by atomic mass is 32.2. The Morgan fingerprint density at radius 3 is 2.68 bits per heavy atom. The molecule has 25 heavy (non-hydrogen) atoms. The number of thioether (sulfide) groups is 1. The molecule has 1 heterocycles. The average molecular weight is 355 g/mol. The van der Waals surface area contributed by atoms with Crippen LogP contribution in [0, 0.1) is 0 Å². The Morgan fingerprint density at radius 2 is 1.92 bits per heavy atom. The van der Waals surface area contributed by atoms with Gasteiger partial charge in [0.1, 0.15) is 6.04 Å². The number of aliphatic carboxylic acids is 1. The van der Waals surface area contributed by atoms with E-state index < -0.39 is 12.0 Å².